The predicted molar refractivity (Wildman–Crippen MR) is 120 cm³/mol. The number of anilines is 3. The Hall–Kier alpha value is -4.05. The van der Waals surface area contributed by atoms with Crippen molar-refractivity contribution in [2.45, 2.75) is 6.42 Å². The van der Waals surface area contributed by atoms with Gasteiger partial charge in [0.2, 0.25) is 5.95 Å². The van der Waals surface area contributed by atoms with Crippen LogP contribution in [0.25, 0.3) is 16.9 Å². The van der Waals surface area contributed by atoms with Crippen molar-refractivity contribution in [2.24, 2.45) is 0 Å². The number of rotatable bonds is 7. The number of phenols is 1. The first-order chi connectivity index (χ1) is 15.3. The monoisotopic (exact) mass is 430 g/mol. The van der Waals surface area contributed by atoms with E-state index in [0.717, 1.165) is 17.7 Å². The number of imidazole rings is 1. The lowest BCUT2D eigenvalue weighted by atomic mass is 10.1. The fraction of sp³-hybridized carbons (Fsp3) is 0.0952. The lowest BCUT2D eigenvalue weighted by Gasteiger charge is -2.10. The molecule has 10 heteroatoms. The lowest BCUT2D eigenvalue weighted by Crippen LogP contribution is -2.09. The summed E-state index contributed by atoms with van der Waals surface area (Å²) in [4.78, 5) is 22.0. The smallest absolute Gasteiger partial charge is 0.232 e. The van der Waals surface area contributed by atoms with Crippen LogP contribution in [0, 0.1) is 0 Å². The van der Waals surface area contributed by atoms with Crippen LogP contribution in [0.5, 0.6) is 5.75 Å². The van der Waals surface area contributed by atoms with E-state index >= 15 is 0 Å². The average Bonchev–Trinajstić information content (AvgIpc) is 3.46. The molecular formula is C21H18N8OS. The number of benzene rings is 1. The van der Waals surface area contributed by atoms with Crippen LogP contribution >= 0.6 is 11.3 Å². The molecule has 0 atom stereocenters. The van der Waals surface area contributed by atoms with E-state index in [9.17, 15) is 5.11 Å². The van der Waals surface area contributed by atoms with Gasteiger partial charge in [-0.05, 0) is 41.6 Å². The molecule has 0 fully saturated rings. The second-order valence-corrected chi connectivity index (χ2v) is 7.51. The molecule has 154 valence electrons. The maximum Gasteiger partial charge on any atom is 0.232 e. The first-order valence-electron chi connectivity index (χ1n) is 9.59. The SMILES string of the molecule is Oc1ccc(CCNc2nc(Nc3ccncn3)nc3c2ncn3-c2ccsc2)cc1. The third-order valence-corrected chi connectivity index (χ3v) is 5.32. The summed E-state index contributed by atoms with van der Waals surface area (Å²) in [7, 11) is 0. The van der Waals surface area contributed by atoms with E-state index in [-0.39, 0.29) is 5.75 Å². The fourth-order valence-corrected chi connectivity index (χ4v) is 3.76. The van der Waals surface area contributed by atoms with E-state index in [2.05, 4.69) is 35.6 Å². The molecule has 0 aliphatic heterocycles. The highest BCUT2D eigenvalue weighted by Gasteiger charge is 2.15. The number of hydrogen-bond donors (Lipinski definition) is 3. The first-order valence-corrected chi connectivity index (χ1v) is 10.5. The van der Waals surface area contributed by atoms with Crippen molar-refractivity contribution < 1.29 is 5.11 Å². The van der Waals surface area contributed by atoms with Crippen molar-refractivity contribution in [3.8, 4) is 11.4 Å². The van der Waals surface area contributed by atoms with Crippen LogP contribution in [0.4, 0.5) is 17.6 Å². The maximum atomic E-state index is 9.45. The van der Waals surface area contributed by atoms with Crippen LogP contribution < -0.4 is 10.6 Å². The van der Waals surface area contributed by atoms with Crippen molar-refractivity contribution in [1.82, 2.24) is 29.5 Å². The molecule has 5 rings (SSSR count). The number of nitrogens with one attached hydrogen (secondary N) is 2. The van der Waals surface area contributed by atoms with Gasteiger partial charge in [0.05, 0.1) is 5.69 Å². The second-order valence-electron chi connectivity index (χ2n) is 6.73. The minimum absolute atomic E-state index is 0.258. The van der Waals surface area contributed by atoms with Crippen LogP contribution in [0.15, 0.2) is 66.0 Å². The molecule has 4 aromatic heterocycles. The summed E-state index contributed by atoms with van der Waals surface area (Å²) >= 11 is 1.61. The molecule has 0 saturated carbocycles. The summed E-state index contributed by atoms with van der Waals surface area (Å²) in [5, 5.41) is 20.0. The number of nitrogens with zero attached hydrogens (tertiary/aromatic N) is 6. The van der Waals surface area contributed by atoms with Crippen LogP contribution in [0.3, 0.4) is 0 Å². The third-order valence-electron chi connectivity index (χ3n) is 4.64. The van der Waals surface area contributed by atoms with Crippen LogP contribution in [0.2, 0.25) is 0 Å². The van der Waals surface area contributed by atoms with Crippen LogP contribution in [-0.4, -0.2) is 41.1 Å². The van der Waals surface area contributed by atoms with Gasteiger partial charge in [0.15, 0.2) is 17.0 Å². The molecule has 0 amide bonds. The molecule has 31 heavy (non-hydrogen) atoms. The molecule has 0 unspecified atom stereocenters. The van der Waals surface area contributed by atoms with Gasteiger partial charge >= 0.3 is 0 Å². The molecule has 0 aliphatic rings. The Balaban J connectivity index is 1.47. The van der Waals surface area contributed by atoms with Crippen molar-refractivity contribution in [3.05, 3.63) is 71.6 Å². The molecule has 0 radical (unpaired) electrons. The Bertz CT molecular complexity index is 1290. The Morgan fingerprint density at radius 3 is 2.71 bits per heavy atom. The molecule has 0 spiro atoms. The molecule has 1 aromatic carbocycles. The van der Waals surface area contributed by atoms with E-state index in [1.165, 1.54) is 6.33 Å². The summed E-state index contributed by atoms with van der Waals surface area (Å²) in [6, 6.07) is 10.9. The number of aromatic hydroxyl groups is 1. The van der Waals surface area contributed by atoms with Crippen molar-refractivity contribution in [2.75, 3.05) is 17.2 Å². The average molecular weight is 430 g/mol. The first kappa shape index (κ1) is 18.9. The van der Waals surface area contributed by atoms with E-state index in [4.69, 9.17) is 0 Å². The minimum atomic E-state index is 0.258. The van der Waals surface area contributed by atoms with Crippen molar-refractivity contribution in [3.63, 3.8) is 0 Å². The standard InChI is InChI=1S/C21H18N8OS/c30-16-3-1-14(2-4-16)5-9-23-19-18-20(29(13-25-18)15-7-10-31-11-15)28-21(27-19)26-17-6-8-22-12-24-17/h1-4,6-8,10-13,30H,5,9H2,(H2,22,23,24,26,27,28). The highest BCUT2D eigenvalue weighted by molar-refractivity contribution is 7.08. The highest BCUT2D eigenvalue weighted by Crippen LogP contribution is 2.25. The number of thiophene rings is 1. The molecule has 5 aromatic rings. The summed E-state index contributed by atoms with van der Waals surface area (Å²) in [5.41, 5.74) is 3.48. The van der Waals surface area contributed by atoms with E-state index < -0.39 is 0 Å². The number of fused-ring (bicyclic) bond motifs is 1. The molecule has 9 nitrogen and oxygen atoms in total. The quantitative estimate of drug-likeness (QED) is 0.358. The maximum absolute atomic E-state index is 9.45. The highest BCUT2D eigenvalue weighted by atomic mass is 32.1. The van der Waals surface area contributed by atoms with Crippen LogP contribution in [0.1, 0.15) is 5.56 Å². The van der Waals surface area contributed by atoms with Gasteiger partial charge in [-0.15, -0.1) is 0 Å². The van der Waals surface area contributed by atoms with E-state index in [1.54, 1.807) is 42.1 Å². The van der Waals surface area contributed by atoms with Gasteiger partial charge in [0.25, 0.3) is 0 Å². The largest absolute Gasteiger partial charge is 0.508 e. The van der Waals surface area contributed by atoms with Gasteiger partial charge in [-0.3, -0.25) is 4.57 Å². The summed E-state index contributed by atoms with van der Waals surface area (Å²) < 4.78 is 1.93. The molecule has 3 N–H and O–H groups in total. The van der Waals surface area contributed by atoms with Gasteiger partial charge in [-0.25, -0.2) is 15.0 Å². The van der Waals surface area contributed by atoms with E-state index in [0.29, 0.717) is 35.3 Å². The summed E-state index contributed by atoms with van der Waals surface area (Å²) in [6.07, 6.45) is 5.64. The van der Waals surface area contributed by atoms with Gasteiger partial charge in [-0.1, -0.05) is 12.1 Å². The Morgan fingerprint density at radius 1 is 1.03 bits per heavy atom. The van der Waals surface area contributed by atoms with Gasteiger partial charge in [0, 0.05) is 18.1 Å². The zero-order valence-electron chi connectivity index (χ0n) is 16.3. The molecule has 0 bridgehead atoms. The topological polar surface area (TPSA) is 114 Å². The van der Waals surface area contributed by atoms with Crippen molar-refractivity contribution in [1.29, 1.82) is 0 Å². The Labute approximate surface area is 181 Å². The normalized spacial score (nSPS) is 11.0. The number of phenolic OH excluding ortho intramolecular Hbond substituents is 1. The third kappa shape index (κ3) is 4.14. The lowest BCUT2D eigenvalue weighted by molar-refractivity contribution is 0.475. The van der Waals surface area contributed by atoms with Gasteiger partial charge in [-0.2, -0.15) is 21.3 Å². The number of hydrogen-bond acceptors (Lipinski definition) is 9. The number of aromatic nitrogens is 6. The fourth-order valence-electron chi connectivity index (χ4n) is 3.13. The summed E-state index contributed by atoms with van der Waals surface area (Å²) in [6.45, 7) is 0.648. The molecule has 4 heterocycles. The predicted octanol–water partition coefficient (Wildman–Crippen LogP) is 3.77. The van der Waals surface area contributed by atoms with Gasteiger partial charge in [0.1, 0.15) is 24.2 Å². The second kappa shape index (κ2) is 8.36. The van der Waals surface area contributed by atoms with Gasteiger partial charge < -0.3 is 15.7 Å². The zero-order chi connectivity index (χ0) is 21.0. The van der Waals surface area contributed by atoms with Crippen LogP contribution in [-0.2, 0) is 6.42 Å². The summed E-state index contributed by atoms with van der Waals surface area (Å²) in [5.74, 6) is 1.91. The molecule has 0 saturated heterocycles. The molecule has 0 aliphatic carbocycles. The minimum Gasteiger partial charge on any atom is -0.508 e. The van der Waals surface area contributed by atoms with E-state index in [1.807, 2.05) is 33.5 Å². The Morgan fingerprint density at radius 2 is 1.94 bits per heavy atom. The molecular weight excluding hydrogens is 412 g/mol. The zero-order valence-corrected chi connectivity index (χ0v) is 17.1. The Kier molecular flexibility index (Phi) is 5.11. The van der Waals surface area contributed by atoms with Crippen molar-refractivity contribution >= 4 is 40.1 Å².